The van der Waals surface area contributed by atoms with Crippen LogP contribution < -0.4 is 11.1 Å². The molecule has 162 valence electrons. The molecule has 1 aromatic carbocycles. The lowest BCUT2D eigenvalue weighted by Gasteiger charge is -2.47. The third-order valence-corrected chi connectivity index (χ3v) is 5.73. The van der Waals surface area contributed by atoms with Crippen LogP contribution in [-0.4, -0.2) is 40.0 Å². The molecule has 1 saturated heterocycles. The van der Waals surface area contributed by atoms with Crippen molar-refractivity contribution in [3.63, 3.8) is 0 Å². The van der Waals surface area contributed by atoms with Crippen molar-refractivity contribution in [2.45, 2.75) is 18.1 Å². The van der Waals surface area contributed by atoms with Gasteiger partial charge in [-0.2, -0.15) is 13.2 Å². The van der Waals surface area contributed by atoms with E-state index in [0.29, 0.717) is 15.6 Å². The molecule has 31 heavy (non-hydrogen) atoms. The van der Waals surface area contributed by atoms with Crippen LogP contribution >= 0.6 is 15.9 Å². The average molecular weight is 498 g/mol. The summed E-state index contributed by atoms with van der Waals surface area (Å²) in [5.41, 5.74) is 5.38. The molecule has 3 N–H and O–H groups in total. The molecule has 0 radical (unpaired) electrons. The number of anilines is 1. The van der Waals surface area contributed by atoms with Crippen molar-refractivity contribution >= 4 is 38.6 Å². The second kappa shape index (κ2) is 7.95. The minimum atomic E-state index is -4.62. The van der Waals surface area contributed by atoms with Gasteiger partial charge in [0.05, 0.1) is 17.8 Å². The Morgan fingerprint density at radius 3 is 2.68 bits per heavy atom. The number of alkyl halides is 3. The predicted octanol–water partition coefficient (Wildman–Crippen LogP) is 4.51. The van der Waals surface area contributed by atoms with Crippen molar-refractivity contribution < 1.29 is 22.4 Å². The number of nitrogens with zero attached hydrogens (tertiary/aromatic N) is 3. The zero-order chi connectivity index (χ0) is 22.3. The number of hydrogen-bond donors (Lipinski definition) is 2. The summed E-state index contributed by atoms with van der Waals surface area (Å²) in [5, 5.41) is 3.50. The van der Waals surface area contributed by atoms with Crippen LogP contribution in [0.5, 0.6) is 0 Å². The Balaban J connectivity index is 1.65. The summed E-state index contributed by atoms with van der Waals surface area (Å²) >= 11 is 3.32. The summed E-state index contributed by atoms with van der Waals surface area (Å²) in [6.07, 6.45) is -3.54. The number of rotatable bonds is 4. The maximum absolute atomic E-state index is 13.3. The Morgan fingerprint density at radius 2 is 2.03 bits per heavy atom. The molecule has 3 aromatic rings. The second-order valence-corrected chi connectivity index (χ2v) is 8.08. The lowest BCUT2D eigenvalue weighted by molar-refractivity contribution is -0.140. The molecule has 0 aliphatic carbocycles. The summed E-state index contributed by atoms with van der Waals surface area (Å²) in [6.45, 7) is 0.409. The smallest absolute Gasteiger partial charge is 0.382 e. The first kappa shape index (κ1) is 21.3. The van der Waals surface area contributed by atoms with Gasteiger partial charge in [-0.05, 0) is 36.4 Å². The SMILES string of the molecule is NC(=O)N1CC(c2ccc(F)cn2)C1CNc1cc(C(F)(F)F)nc2ccc(Br)cc12. The van der Waals surface area contributed by atoms with Crippen LogP contribution in [0, 0.1) is 5.82 Å². The monoisotopic (exact) mass is 497 g/mol. The van der Waals surface area contributed by atoms with Gasteiger partial charge in [-0.25, -0.2) is 14.2 Å². The highest BCUT2D eigenvalue weighted by molar-refractivity contribution is 9.10. The number of benzene rings is 1. The van der Waals surface area contributed by atoms with E-state index in [2.05, 4.69) is 31.2 Å². The minimum absolute atomic E-state index is 0.121. The van der Waals surface area contributed by atoms with Crippen LogP contribution in [0.25, 0.3) is 10.9 Å². The molecule has 2 atom stereocenters. The predicted molar refractivity (Wildman–Crippen MR) is 110 cm³/mol. The molecule has 2 amide bonds. The maximum Gasteiger partial charge on any atom is 0.433 e. The molecular formula is C20H16BrF4N5O. The average Bonchev–Trinajstić information content (AvgIpc) is 2.67. The molecule has 6 nitrogen and oxygen atoms in total. The van der Waals surface area contributed by atoms with Gasteiger partial charge in [-0.1, -0.05) is 15.9 Å². The number of primary amides is 1. The van der Waals surface area contributed by atoms with E-state index in [-0.39, 0.29) is 30.2 Å². The normalized spacial score (nSPS) is 18.7. The highest BCUT2D eigenvalue weighted by atomic mass is 79.9. The number of nitrogens with one attached hydrogen (secondary N) is 1. The molecule has 0 saturated carbocycles. The number of nitrogens with two attached hydrogens (primary N) is 1. The number of carbonyl (C=O) groups excluding carboxylic acids is 1. The Labute approximate surface area is 182 Å². The van der Waals surface area contributed by atoms with Gasteiger partial charge in [-0.3, -0.25) is 4.98 Å². The van der Waals surface area contributed by atoms with E-state index in [1.165, 1.54) is 23.1 Å². The molecule has 0 spiro atoms. The zero-order valence-electron chi connectivity index (χ0n) is 15.8. The number of likely N-dealkylation sites (tertiary alicyclic amines) is 1. The van der Waals surface area contributed by atoms with Gasteiger partial charge in [0.1, 0.15) is 11.5 Å². The van der Waals surface area contributed by atoms with Crippen LogP contribution in [0.15, 0.2) is 47.1 Å². The minimum Gasteiger partial charge on any atom is -0.382 e. The first-order valence-corrected chi connectivity index (χ1v) is 10.0. The van der Waals surface area contributed by atoms with Crippen molar-refractivity contribution in [1.82, 2.24) is 14.9 Å². The van der Waals surface area contributed by atoms with E-state index in [4.69, 9.17) is 5.73 Å². The third kappa shape index (κ3) is 4.27. The van der Waals surface area contributed by atoms with Gasteiger partial charge in [-0.15, -0.1) is 0 Å². The molecule has 1 aliphatic rings. The molecule has 1 fully saturated rings. The topological polar surface area (TPSA) is 84.1 Å². The van der Waals surface area contributed by atoms with E-state index in [1.807, 2.05) is 0 Å². The highest BCUT2D eigenvalue weighted by Gasteiger charge is 2.42. The summed E-state index contributed by atoms with van der Waals surface area (Å²) in [4.78, 5) is 20.9. The van der Waals surface area contributed by atoms with Crippen molar-refractivity contribution in [3.05, 3.63) is 64.3 Å². The van der Waals surface area contributed by atoms with Gasteiger partial charge in [0, 0.05) is 40.2 Å². The van der Waals surface area contributed by atoms with Crippen LogP contribution in [-0.2, 0) is 6.18 Å². The van der Waals surface area contributed by atoms with Crippen LogP contribution in [0.4, 0.5) is 28.0 Å². The molecule has 2 unspecified atom stereocenters. The van der Waals surface area contributed by atoms with Gasteiger partial charge in [0.15, 0.2) is 0 Å². The number of amides is 2. The standard InChI is InChI=1S/C20H16BrF4N5O/c21-10-1-3-15-12(5-10)16(6-18(29-15)20(23,24)25)28-8-17-13(9-30(17)19(26)31)14-4-2-11(22)7-27-14/h1-7,13,17H,8-9H2,(H2,26,31)(H,28,29). The van der Waals surface area contributed by atoms with E-state index in [0.717, 1.165) is 12.3 Å². The second-order valence-electron chi connectivity index (χ2n) is 7.16. The van der Waals surface area contributed by atoms with E-state index < -0.39 is 29.8 Å². The molecule has 11 heteroatoms. The summed E-state index contributed by atoms with van der Waals surface area (Å²) in [7, 11) is 0. The number of pyridine rings is 2. The first-order chi connectivity index (χ1) is 14.6. The number of halogens is 5. The number of hydrogen-bond acceptors (Lipinski definition) is 4. The summed E-state index contributed by atoms with van der Waals surface area (Å²) < 4.78 is 53.9. The van der Waals surface area contributed by atoms with E-state index in [9.17, 15) is 22.4 Å². The first-order valence-electron chi connectivity index (χ1n) is 9.22. The van der Waals surface area contributed by atoms with Gasteiger partial charge < -0.3 is 16.0 Å². The van der Waals surface area contributed by atoms with Gasteiger partial charge in [0.25, 0.3) is 0 Å². The largest absolute Gasteiger partial charge is 0.433 e. The quantitative estimate of drug-likeness (QED) is 0.519. The summed E-state index contributed by atoms with van der Waals surface area (Å²) in [5.74, 6) is -0.722. The Hall–Kier alpha value is -2.95. The molecule has 1 aliphatic heterocycles. The lowest BCUT2D eigenvalue weighted by Crippen LogP contribution is -2.61. The van der Waals surface area contributed by atoms with Crippen molar-refractivity contribution in [1.29, 1.82) is 0 Å². The number of urea groups is 1. The molecule has 2 aromatic heterocycles. The van der Waals surface area contributed by atoms with Crippen LogP contribution in [0.2, 0.25) is 0 Å². The van der Waals surface area contributed by atoms with E-state index in [1.54, 1.807) is 12.1 Å². The summed E-state index contributed by atoms with van der Waals surface area (Å²) in [6, 6.07) is 7.38. The molecule has 3 heterocycles. The Kier molecular flexibility index (Phi) is 5.46. The highest BCUT2D eigenvalue weighted by Crippen LogP contribution is 2.36. The van der Waals surface area contributed by atoms with Crippen molar-refractivity contribution in [2.75, 3.05) is 18.4 Å². The van der Waals surface area contributed by atoms with Crippen molar-refractivity contribution in [3.8, 4) is 0 Å². The number of carbonyl (C=O) groups is 1. The third-order valence-electron chi connectivity index (χ3n) is 5.23. The van der Waals surface area contributed by atoms with Crippen LogP contribution in [0.1, 0.15) is 17.3 Å². The molecular weight excluding hydrogens is 482 g/mol. The number of aromatic nitrogens is 2. The fraction of sp³-hybridized carbons (Fsp3) is 0.250. The lowest BCUT2D eigenvalue weighted by atomic mass is 9.85. The van der Waals surface area contributed by atoms with Gasteiger partial charge in [0.2, 0.25) is 0 Å². The number of fused-ring (bicyclic) bond motifs is 1. The van der Waals surface area contributed by atoms with Crippen LogP contribution in [0.3, 0.4) is 0 Å². The maximum atomic E-state index is 13.3. The molecule has 4 rings (SSSR count). The Bertz CT molecular complexity index is 1140. The van der Waals surface area contributed by atoms with E-state index >= 15 is 0 Å². The fourth-order valence-corrected chi connectivity index (χ4v) is 4.02. The Morgan fingerprint density at radius 1 is 1.26 bits per heavy atom. The molecule has 0 bridgehead atoms. The van der Waals surface area contributed by atoms with Gasteiger partial charge >= 0.3 is 12.2 Å². The zero-order valence-corrected chi connectivity index (χ0v) is 17.4. The fourth-order valence-electron chi connectivity index (χ4n) is 3.66. The van der Waals surface area contributed by atoms with Crippen molar-refractivity contribution in [2.24, 2.45) is 5.73 Å².